The zero-order chi connectivity index (χ0) is 20.9. The van der Waals surface area contributed by atoms with Crippen molar-refractivity contribution >= 4 is 11.5 Å². The first-order valence-electron chi connectivity index (χ1n) is 9.74. The summed E-state index contributed by atoms with van der Waals surface area (Å²) in [5.74, 6) is 0.0920. The molecule has 1 heterocycles. The van der Waals surface area contributed by atoms with Gasteiger partial charge in [0.15, 0.2) is 5.78 Å². The first-order chi connectivity index (χ1) is 14.1. The van der Waals surface area contributed by atoms with E-state index < -0.39 is 0 Å². The number of carbonyl (C=O) groups is 1. The lowest BCUT2D eigenvalue weighted by Crippen LogP contribution is -2.12. The van der Waals surface area contributed by atoms with Crippen molar-refractivity contribution in [2.45, 2.75) is 26.3 Å². The molecular weight excluding hydrogens is 372 g/mol. The molecule has 2 aromatic rings. The van der Waals surface area contributed by atoms with E-state index >= 15 is 0 Å². The predicted molar refractivity (Wildman–Crippen MR) is 111 cm³/mol. The van der Waals surface area contributed by atoms with Crippen molar-refractivity contribution in [1.29, 1.82) is 0 Å². The lowest BCUT2D eigenvalue weighted by Gasteiger charge is -2.07. The molecule has 0 saturated carbocycles. The Hall–Kier alpha value is -2.55. The molecule has 29 heavy (non-hydrogen) atoms. The summed E-state index contributed by atoms with van der Waals surface area (Å²) in [5.41, 5.74) is 8.79. The number of benzene rings is 1. The molecule has 2 N–H and O–H groups in total. The van der Waals surface area contributed by atoms with Crippen LogP contribution in [0.4, 0.5) is 5.69 Å². The van der Waals surface area contributed by atoms with E-state index in [9.17, 15) is 4.79 Å². The van der Waals surface area contributed by atoms with Crippen LogP contribution in [-0.2, 0) is 25.5 Å². The number of anilines is 1. The molecule has 0 amide bonds. The van der Waals surface area contributed by atoms with Gasteiger partial charge in [-0.1, -0.05) is 23.9 Å². The molecule has 0 unspecified atom stereocenters. The van der Waals surface area contributed by atoms with Crippen LogP contribution < -0.4 is 5.73 Å². The van der Waals surface area contributed by atoms with Crippen LogP contribution in [0.15, 0.2) is 42.6 Å². The van der Waals surface area contributed by atoms with Crippen LogP contribution in [0.25, 0.3) is 11.3 Å². The molecule has 0 aliphatic heterocycles. The molecule has 0 aliphatic carbocycles. The summed E-state index contributed by atoms with van der Waals surface area (Å²) >= 11 is 0. The fraction of sp³-hybridized carbons (Fsp3) is 0.476. The monoisotopic (exact) mass is 402 g/mol. The van der Waals surface area contributed by atoms with E-state index in [0.29, 0.717) is 64.6 Å². The molecule has 8 nitrogen and oxygen atoms in total. The Morgan fingerprint density at radius 1 is 1.03 bits per heavy atom. The fourth-order valence-electron chi connectivity index (χ4n) is 2.44. The summed E-state index contributed by atoms with van der Waals surface area (Å²) in [4.78, 5) is 11.4. The second kappa shape index (κ2) is 12.8. The number of Topliss-reactive ketones (excluding diaryl/α,β-unsaturated/α-hetero) is 1. The molecule has 0 atom stereocenters. The summed E-state index contributed by atoms with van der Waals surface area (Å²) in [6.45, 7) is 9.08. The molecule has 0 bridgehead atoms. The minimum absolute atomic E-state index is 0.0920. The molecule has 1 aromatic carbocycles. The van der Waals surface area contributed by atoms with Gasteiger partial charge in [-0.3, -0.25) is 4.79 Å². The zero-order valence-electron chi connectivity index (χ0n) is 17.0. The summed E-state index contributed by atoms with van der Waals surface area (Å²) < 4.78 is 18.2. The molecule has 0 aliphatic rings. The molecule has 0 fully saturated rings. The third kappa shape index (κ3) is 8.99. The first kappa shape index (κ1) is 22.7. The molecule has 0 saturated heterocycles. The molecule has 8 heteroatoms. The molecule has 1 aromatic heterocycles. The van der Waals surface area contributed by atoms with Crippen molar-refractivity contribution < 1.29 is 19.0 Å². The molecular formula is C21H30N4O4. The van der Waals surface area contributed by atoms with Crippen molar-refractivity contribution in [3.05, 3.63) is 42.6 Å². The standard InChI is InChI=1S/C21H30N4O4/c1-17(2)21(26)4-3-10-27-12-14-29-15-13-28-11-9-25-16-20(23-24-25)18-5-7-19(22)8-6-18/h5-8,16H,1,3-4,9-15,22H2,2H3. The molecule has 2 rings (SSSR count). The summed E-state index contributed by atoms with van der Waals surface area (Å²) in [6, 6.07) is 7.52. The average Bonchev–Trinajstić information content (AvgIpc) is 3.18. The molecule has 0 spiro atoms. The summed E-state index contributed by atoms with van der Waals surface area (Å²) in [5, 5.41) is 8.26. The Labute approximate surface area is 171 Å². The third-order valence-corrected chi connectivity index (χ3v) is 4.12. The Kier molecular flexibility index (Phi) is 10.1. The number of ketones is 1. The van der Waals surface area contributed by atoms with Crippen molar-refractivity contribution in [3.63, 3.8) is 0 Å². The molecule has 0 radical (unpaired) electrons. The van der Waals surface area contributed by atoms with E-state index in [4.69, 9.17) is 19.9 Å². The highest BCUT2D eigenvalue weighted by molar-refractivity contribution is 5.93. The number of allylic oxidation sites excluding steroid dienone is 1. The largest absolute Gasteiger partial charge is 0.399 e. The second-order valence-corrected chi connectivity index (χ2v) is 6.63. The van der Waals surface area contributed by atoms with Crippen molar-refractivity contribution in [2.75, 3.05) is 45.4 Å². The maximum atomic E-state index is 11.4. The Balaban J connectivity index is 1.44. The van der Waals surface area contributed by atoms with Crippen LogP contribution in [0, 0.1) is 0 Å². The van der Waals surface area contributed by atoms with Crippen molar-refractivity contribution in [3.8, 4) is 11.3 Å². The van der Waals surface area contributed by atoms with Gasteiger partial charge in [0.25, 0.3) is 0 Å². The highest BCUT2D eigenvalue weighted by atomic mass is 16.5. The van der Waals surface area contributed by atoms with Crippen LogP contribution in [0.1, 0.15) is 19.8 Å². The smallest absolute Gasteiger partial charge is 0.158 e. The van der Waals surface area contributed by atoms with Gasteiger partial charge in [-0.2, -0.15) is 0 Å². The van der Waals surface area contributed by atoms with Gasteiger partial charge in [0.1, 0.15) is 5.69 Å². The van der Waals surface area contributed by atoms with Gasteiger partial charge in [-0.15, -0.1) is 5.10 Å². The number of rotatable bonds is 15. The number of nitrogen functional groups attached to an aromatic ring is 1. The van der Waals surface area contributed by atoms with E-state index in [1.165, 1.54) is 0 Å². The second-order valence-electron chi connectivity index (χ2n) is 6.63. The number of aromatic nitrogens is 3. The number of hydrogen-bond donors (Lipinski definition) is 1. The zero-order valence-corrected chi connectivity index (χ0v) is 17.0. The van der Waals surface area contributed by atoms with Gasteiger partial charge in [0.2, 0.25) is 0 Å². The highest BCUT2D eigenvalue weighted by Crippen LogP contribution is 2.17. The van der Waals surface area contributed by atoms with E-state index in [-0.39, 0.29) is 5.78 Å². The van der Waals surface area contributed by atoms with Crippen LogP contribution in [0.3, 0.4) is 0 Å². The van der Waals surface area contributed by atoms with Gasteiger partial charge in [-0.25, -0.2) is 4.68 Å². The number of hydrogen-bond acceptors (Lipinski definition) is 7. The Morgan fingerprint density at radius 2 is 1.66 bits per heavy atom. The van der Waals surface area contributed by atoms with E-state index in [2.05, 4.69) is 16.9 Å². The van der Waals surface area contributed by atoms with E-state index in [0.717, 1.165) is 16.9 Å². The topological polar surface area (TPSA) is 101 Å². The Bertz CT molecular complexity index is 758. The maximum absolute atomic E-state index is 11.4. The van der Waals surface area contributed by atoms with Crippen LogP contribution in [-0.4, -0.2) is 60.4 Å². The predicted octanol–water partition coefficient (Wildman–Crippen LogP) is 2.50. The van der Waals surface area contributed by atoms with Gasteiger partial charge < -0.3 is 19.9 Å². The SMILES string of the molecule is C=C(C)C(=O)CCCOCCOCCOCCn1cc(-c2ccc(N)cc2)nn1. The normalized spacial score (nSPS) is 10.9. The summed E-state index contributed by atoms with van der Waals surface area (Å²) in [6.07, 6.45) is 3.07. The maximum Gasteiger partial charge on any atom is 0.158 e. The van der Waals surface area contributed by atoms with Crippen molar-refractivity contribution in [1.82, 2.24) is 15.0 Å². The Morgan fingerprint density at radius 3 is 2.31 bits per heavy atom. The number of carbonyl (C=O) groups excluding carboxylic acids is 1. The van der Waals surface area contributed by atoms with Crippen molar-refractivity contribution in [2.24, 2.45) is 0 Å². The van der Waals surface area contributed by atoms with Gasteiger partial charge in [0, 0.05) is 24.3 Å². The van der Waals surface area contributed by atoms with Crippen LogP contribution in [0.2, 0.25) is 0 Å². The van der Waals surface area contributed by atoms with E-state index in [1.54, 1.807) is 11.6 Å². The number of nitrogens with two attached hydrogens (primary N) is 1. The minimum atomic E-state index is 0.0920. The fourth-order valence-corrected chi connectivity index (χ4v) is 2.44. The quantitative estimate of drug-likeness (QED) is 0.277. The number of ether oxygens (including phenoxy) is 3. The van der Waals surface area contributed by atoms with Gasteiger partial charge in [-0.05, 0) is 31.1 Å². The molecule has 158 valence electrons. The lowest BCUT2D eigenvalue weighted by atomic mass is 10.1. The number of nitrogens with zero attached hydrogens (tertiary/aromatic N) is 3. The summed E-state index contributed by atoms with van der Waals surface area (Å²) in [7, 11) is 0. The third-order valence-electron chi connectivity index (χ3n) is 4.12. The van der Waals surface area contributed by atoms with Gasteiger partial charge >= 0.3 is 0 Å². The van der Waals surface area contributed by atoms with Crippen LogP contribution in [0.5, 0.6) is 0 Å². The lowest BCUT2D eigenvalue weighted by molar-refractivity contribution is -0.115. The van der Waals surface area contributed by atoms with Crippen LogP contribution >= 0.6 is 0 Å². The highest BCUT2D eigenvalue weighted by Gasteiger charge is 2.04. The first-order valence-corrected chi connectivity index (χ1v) is 9.74. The minimum Gasteiger partial charge on any atom is -0.399 e. The van der Waals surface area contributed by atoms with E-state index in [1.807, 2.05) is 30.5 Å². The van der Waals surface area contributed by atoms with Gasteiger partial charge in [0.05, 0.1) is 45.8 Å². The average molecular weight is 402 g/mol.